The Hall–Kier alpha value is -1.62. The molecule has 19 heavy (non-hydrogen) atoms. The molecule has 0 bridgehead atoms. The van der Waals surface area contributed by atoms with E-state index in [0.29, 0.717) is 11.8 Å². The van der Waals surface area contributed by atoms with Gasteiger partial charge in [-0.05, 0) is 43.2 Å². The summed E-state index contributed by atoms with van der Waals surface area (Å²) in [5.74, 6) is 0.923. The van der Waals surface area contributed by atoms with Crippen molar-refractivity contribution >= 4 is 5.91 Å². The summed E-state index contributed by atoms with van der Waals surface area (Å²) in [6.07, 6.45) is 4.69. The number of pyridine rings is 1. The summed E-state index contributed by atoms with van der Waals surface area (Å²) in [4.78, 5) is 28.4. The van der Waals surface area contributed by atoms with E-state index in [0.717, 1.165) is 32.4 Å². The SMILES string of the molecule is NC1CC[C@@H]2CN(C(=O)c3ccc[nH]c3=O)C[C@@H]2C1. The van der Waals surface area contributed by atoms with Crippen LogP contribution < -0.4 is 11.3 Å². The van der Waals surface area contributed by atoms with Crippen molar-refractivity contribution in [1.82, 2.24) is 9.88 Å². The van der Waals surface area contributed by atoms with Crippen molar-refractivity contribution < 1.29 is 4.79 Å². The van der Waals surface area contributed by atoms with Crippen LogP contribution in [0.15, 0.2) is 23.1 Å². The van der Waals surface area contributed by atoms with Gasteiger partial charge in [-0.25, -0.2) is 0 Å². The molecule has 1 unspecified atom stereocenters. The monoisotopic (exact) mass is 261 g/mol. The van der Waals surface area contributed by atoms with Crippen LogP contribution >= 0.6 is 0 Å². The molecule has 2 aliphatic rings. The lowest BCUT2D eigenvalue weighted by molar-refractivity contribution is 0.0782. The molecule has 5 heteroatoms. The highest BCUT2D eigenvalue weighted by atomic mass is 16.2. The second-order valence-electron chi connectivity index (χ2n) is 5.72. The van der Waals surface area contributed by atoms with Gasteiger partial charge in [0.15, 0.2) is 0 Å². The highest BCUT2D eigenvalue weighted by molar-refractivity contribution is 5.94. The van der Waals surface area contributed by atoms with Gasteiger partial charge in [0.2, 0.25) is 0 Å². The van der Waals surface area contributed by atoms with Crippen LogP contribution in [0.5, 0.6) is 0 Å². The van der Waals surface area contributed by atoms with Crippen molar-refractivity contribution in [2.75, 3.05) is 13.1 Å². The molecule has 102 valence electrons. The van der Waals surface area contributed by atoms with E-state index in [9.17, 15) is 9.59 Å². The number of hydrogen-bond acceptors (Lipinski definition) is 3. The van der Waals surface area contributed by atoms with Gasteiger partial charge in [0.1, 0.15) is 5.56 Å². The molecule has 3 atom stereocenters. The highest BCUT2D eigenvalue weighted by Gasteiger charge is 2.39. The molecule has 2 heterocycles. The van der Waals surface area contributed by atoms with E-state index in [1.165, 1.54) is 0 Å². The van der Waals surface area contributed by atoms with Crippen molar-refractivity contribution in [3.63, 3.8) is 0 Å². The first-order valence-electron chi connectivity index (χ1n) is 6.87. The Labute approximate surface area is 111 Å². The van der Waals surface area contributed by atoms with Crippen molar-refractivity contribution in [3.05, 3.63) is 34.2 Å². The van der Waals surface area contributed by atoms with E-state index in [1.807, 2.05) is 4.90 Å². The smallest absolute Gasteiger partial charge is 0.260 e. The van der Waals surface area contributed by atoms with Crippen molar-refractivity contribution in [1.29, 1.82) is 0 Å². The van der Waals surface area contributed by atoms with Crippen LogP contribution in [-0.4, -0.2) is 34.9 Å². The molecule has 2 fully saturated rings. The van der Waals surface area contributed by atoms with Crippen LogP contribution in [-0.2, 0) is 0 Å². The molecule has 0 radical (unpaired) electrons. The van der Waals surface area contributed by atoms with E-state index in [4.69, 9.17) is 5.73 Å². The summed E-state index contributed by atoms with van der Waals surface area (Å²) < 4.78 is 0. The van der Waals surface area contributed by atoms with Gasteiger partial charge in [-0.1, -0.05) is 0 Å². The molecule has 3 rings (SSSR count). The predicted molar refractivity (Wildman–Crippen MR) is 71.8 cm³/mol. The number of amides is 1. The first kappa shape index (κ1) is 12.4. The van der Waals surface area contributed by atoms with Gasteiger partial charge in [0.05, 0.1) is 0 Å². The second-order valence-corrected chi connectivity index (χ2v) is 5.72. The van der Waals surface area contributed by atoms with Crippen LogP contribution in [0.25, 0.3) is 0 Å². The fraction of sp³-hybridized carbons (Fsp3) is 0.571. The van der Waals surface area contributed by atoms with Crippen LogP contribution in [0.3, 0.4) is 0 Å². The van der Waals surface area contributed by atoms with Gasteiger partial charge in [-0.3, -0.25) is 9.59 Å². The number of nitrogens with two attached hydrogens (primary N) is 1. The number of aromatic nitrogens is 1. The largest absolute Gasteiger partial charge is 0.338 e. The summed E-state index contributed by atoms with van der Waals surface area (Å²) in [5.41, 5.74) is 5.92. The lowest BCUT2D eigenvalue weighted by Gasteiger charge is -2.27. The van der Waals surface area contributed by atoms with Crippen LogP contribution in [0, 0.1) is 11.8 Å². The number of carbonyl (C=O) groups is 1. The summed E-state index contributed by atoms with van der Waals surface area (Å²) >= 11 is 0. The quantitative estimate of drug-likeness (QED) is 0.776. The maximum atomic E-state index is 12.4. The molecule has 3 N–H and O–H groups in total. The van der Waals surface area contributed by atoms with E-state index in [2.05, 4.69) is 4.98 Å². The lowest BCUT2D eigenvalue weighted by Crippen LogP contribution is -2.33. The van der Waals surface area contributed by atoms with E-state index in [1.54, 1.807) is 18.3 Å². The molecule has 0 aromatic carbocycles. The normalized spacial score (nSPS) is 30.2. The summed E-state index contributed by atoms with van der Waals surface area (Å²) in [7, 11) is 0. The van der Waals surface area contributed by atoms with Gasteiger partial charge < -0.3 is 15.6 Å². The number of nitrogens with zero attached hydrogens (tertiary/aromatic N) is 1. The number of hydrogen-bond donors (Lipinski definition) is 2. The lowest BCUT2D eigenvalue weighted by atomic mass is 9.79. The molecule has 1 aromatic rings. The van der Waals surface area contributed by atoms with E-state index in [-0.39, 0.29) is 23.1 Å². The zero-order valence-corrected chi connectivity index (χ0v) is 10.8. The van der Waals surface area contributed by atoms with Crippen molar-refractivity contribution in [3.8, 4) is 0 Å². The predicted octanol–water partition coefficient (Wildman–Crippen LogP) is 0.574. The Morgan fingerprint density at radius 2 is 2.11 bits per heavy atom. The molecule has 1 amide bonds. The van der Waals surface area contributed by atoms with Crippen LogP contribution in [0.4, 0.5) is 0 Å². The first-order valence-corrected chi connectivity index (χ1v) is 6.87. The summed E-state index contributed by atoms with van der Waals surface area (Å²) in [6, 6.07) is 3.55. The molecule has 1 aromatic heterocycles. The molecule has 1 aliphatic heterocycles. The molecule has 1 aliphatic carbocycles. The minimum absolute atomic E-state index is 0.148. The zero-order chi connectivity index (χ0) is 13.4. The van der Waals surface area contributed by atoms with Gasteiger partial charge in [0.25, 0.3) is 11.5 Å². The average molecular weight is 261 g/mol. The maximum absolute atomic E-state index is 12.4. The van der Waals surface area contributed by atoms with Gasteiger partial charge in [0, 0.05) is 25.3 Å². The van der Waals surface area contributed by atoms with Crippen LogP contribution in [0.2, 0.25) is 0 Å². The Morgan fingerprint density at radius 1 is 1.32 bits per heavy atom. The topological polar surface area (TPSA) is 79.2 Å². The van der Waals surface area contributed by atoms with Crippen molar-refractivity contribution in [2.45, 2.75) is 25.3 Å². The van der Waals surface area contributed by atoms with Gasteiger partial charge in [-0.15, -0.1) is 0 Å². The Bertz CT molecular complexity index is 539. The molecule has 5 nitrogen and oxygen atoms in total. The van der Waals surface area contributed by atoms with Gasteiger partial charge >= 0.3 is 0 Å². The summed E-state index contributed by atoms with van der Waals surface area (Å²) in [6.45, 7) is 1.51. The third kappa shape index (κ3) is 2.30. The second kappa shape index (κ2) is 4.81. The van der Waals surface area contributed by atoms with Crippen molar-refractivity contribution in [2.24, 2.45) is 17.6 Å². The number of rotatable bonds is 1. The molecule has 0 spiro atoms. The fourth-order valence-electron chi connectivity index (χ4n) is 3.39. The third-order valence-corrected chi connectivity index (χ3v) is 4.43. The molecular formula is C14H19N3O2. The molecular weight excluding hydrogens is 242 g/mol. The standard InChI is InChI=1S/C14H19N3O2/c15-11-4-3-9-7-17(8-10(9)6-11)14(19)12-2-1-5-16-13(12)18/h1-2,5,9-11H,3-4,6-8,15H2,(H,16,18)/t9-,10+,11?/m1/s1. The fourth-order valence-corrected chi connectivity index (χ4v) is 3.39. The first-order chi connectivity index (χ1) is 9.15. The number of nitrogens with one attached hydrogen (secondary N) is 1. The number of aromatic amines is 1. The molecule has 1 saturated heterocycles. The van der Waals surface area contributed by atoms with Gasteiger partial charge in [-0.2, -0.15) is 0 Å². The minimum Gasteiger partial charge on any atom is -0.338 e. The number of likely N-dealkylation sites (tertiary alicyclic amines) is 1. The molecule has 1 saturated carbocycles. The Morgan fingerprint density at radius 3 is 2.89 bits per heavy atom. The highest BCUT2D eigenvalue weighted by Crippen LogP contribution is 2.35. The zero-order valence-electron chi connectivity index (χ0n) is 10.8. The minimum atomic E-state index is -0.306. The number of H-pyrrole nitrogens is 1. The van der Waals surface area contributed by atoms with Crippen LogP contribution in [0.1, 0.15) is 29.6 Å². The maximum Gasteiger partial charge on any atom is 0.260 e. The summed E-state index contributed by atoms with van der Waals surface area (Å²) in [5, 5.41) is 0. The number of carbonyl (C=O) groups excluding carboxylic acids is 1. The van der Waals surface area contributed by atoms with E-state index < -0.39 is 0 Å². The van der Waals surface area contributed by atoms with E-state index >= 15 is 0 Å². The Kier molecular flexibility index (Phi) is 3.14. The third-order valence-electron chi connectivity index (χ3n) is 4.43. The number of fused-ring (bicyclic) bond motifs is 1. The average Bonchev–Trinajstić information content (AvgIpc) is 2.81. The Balaban J connectivity index is 1.76.